The largest absolute Gasteiger partial charge is 0.490 e. The molecule has 0 spiro atoms. The van der Waals surface area contributed by atoms with Gasteiger partial charge in [-0.05, 0) is 60.5 Å². The summed E-state index contributed by atoms with van der Waals surface area (Å²) in [5, 5.41) is 11.7. The summed E-state index contributed by atoms with van der Waals surface area (Å²) in [4.78, 5) is 34.0. The number of rotatable bonds is 8. The summed E-state index contributed by atoms with van der Waals surface area (Å²) in [5.41, 5.74) is 2.04. The van der Waals surface area contributed by atoms with Crippen LogP contribution < -0.4 is 10.1 Å². The van der Waals surface area contributed by atoms with Gasteiger partial charge in [-0.2, -0.15) is 5.26 Å². The number of carbonyl (C=O) groups is 2. The van der Waals surface area contributed by atoms with E-state index in [1.165, 1.54) is 24.4 Å². The maximum atomic E-state index is 15.0. The van der Waals surface area contributed by atoms with Gasteiger partial charge in [-0.1, -0.05) is 12.1 Å². The SMILES string of the molecule is CS(=O)(=O)c1ccc(OC2CCN(C(=O)c3ccc(C(=O)NC4CCN(Cc5ccc(C#N)cc5)CC4F)nc3)CC2)cc1. The minimum Gasteiger partial charge on any atom is -0.490 e. The molecule has 0 saturated carbocycles. The third-order valence-electron chi connectivity index (χ3n) is 7.96. The van der Waals surface area contributed by atoms with Gasteiger partial charge in [-0.3, -0.25) is 19.5 Å². The quantitative estimate of drug-likeness (QED) is 0.406. The van der Waals surface area contributed by atoms with Crippen molar-refractivity contribution in [2.75, 3.05) is 32.4 Å². The summed E-state index contributed by atoms with van der Waals surface area (Å²) in [6, 6.07) is 18.0. The number of pyridine rings is 1. The average Bonchev–Trinajstić information content (AvgIpc) is 3.02. The Morgan fingerprint density at radius 1 is 1.02 bits per heavy atom. The number of benzene rings is 2. The van der Waals surface area contributed by atoms with Crippen LogP contribution in [0.15, 0.2) is 71.8 Å². The number of sulfone groups is 1. The summed E-state index contributed by atoms with van der Waals surface area (Å²) in [6.07, 6.45) is 2.86. The summed E-state index contributed by atoms with van der Waals surface area (Å²) >= 11 is 0. The molecule has 3 aromatic rings. The Bertz CT molecular complexity index is 1620. The van der Waals surface area contributed by atoms with Gasteiger partial charge in [-0.25, -0.2) is 12.8 Å². The van der Waals surface area contributed by atoms with Crippen molar-refractivity contribution >= 4 is 21.7 Å². The van der Waals surface area contributed by atoms with Gasteiger partial charge in [0.05, 0.1) is 28.1 Å². The first kappa shape index (κ1) is 31.1. The summed E-state index contributed by atoms with van der Waals surface area (Å²) in [5.74, 6) is -0.105. The second-order valence-corrected chi connectivity index (χ2v) is 13.2. The fourth-order valence-electron chi connectivity index (χ4n) is 5.43. The van der Waals surface area contributed by atoms with Gasteiger partial charge < -0.3 is 15.0 Å². The Morgan fingerprint density at radius 3 is 2.32 bits per heavy atom. The van der Waals surface area contributed by atoms with Crippen LogP contribution in [0.5, 0.6) is 5.75 Å². The number of nitriles is 1. The van der Waals surface area contributed by atoms with Crippen molar-refractivity contribution in [3.63, 3.8) is 0 Å². The second-order valence-electron chi connectivity index (χ2n) is 11.2. The fourth-order valence-corrected chi connectivity index (χ4v) is 6.06. The molecule has 2 unspecified atom stereocenters. The molecule has 12 heteroatoms. The number of likely N-dealkylation sites (tertiary alicyclic amines) is 2. The van der Waals surface area contributed by atoms with Gasteiger partial charge in [0.25, 0.3) is 11.8 Å². The minimum absolute atomic E-state index is 0.102. The molecule has 2 saturated heterocycles. The zero-order valence-electron chi connectivity index (χ0n) is 24.4. The number of nitrogens with zero attached hydrogens (tertiary/aromatic N) is 4. The van der Waals surface area contributed by atoms with Crippen LogP contribution in [0.1, 0.15) is 51.2 Å². The predicted octanol–water partition coefficient (Wildman–Crippen LogP) is 3.38. The molecule has 5 rings (SSSR count). The molecule has 44 heavy (non-hydrogen) atoms. The van der Waals surface area contributed by atoms with Crippen molar-refractivity contribution in [2.45, 2.75) is 49.0 Å². The number of aromatic nitrogens is 1. The highest BCUT2D eigenvalue weighted by Crippen LogP contribution is 2.22. The van der Waals surface area contributed by atoms with Crippen LogP contribution in [0.25, 0.3) is 0 Å². The number of nitrogens with one attached hydrogen (secondary N) is 1. The standard InChI is InChI=1S/C32H34FN5O5S/c1-44(41,42)27-9-7-25(8-10-27)43-26-12-16-38(17-13-26)32(40)24-6-11-30(35-19-24)31(39)36-29-14-15-37(21-28(29)33)20-23-4-2-22(18-34)3-5-23/h2-11,19,26,28-29H,12-17,20-21H2,1H3,(H,36,39). The number of hydrogen-bond donors (Lipinski definition) is 1. The molecule has 2 aliphatic rings. The van der Waals surface area contributed by atoms with Gasteiger partial charge in [0.2, 0.25) is 0 Å². The van der Waals surface area contributed by atoms with E-state index in [0.717, 1.165) is 11.8 Å². The van der Waals surface area contributed by atoms with Crippen molar-refractivity contribution in [3.05, 3.63) is 89.2 Å². The fraction of sp³-hybridized carbons (Fsp3) is 0.375. The normalized spacial score (nSPS) is 19.6. The van der Waals surface area contributed by atoms with Crippen molar-refractivity contribution in [1.29, 1.82) is 5.26 Å². The van der Waals surface area contributed by atoms with Gasteiger partial charge in [-0.15, -0.1) is 0 Å². The van der Waals surface area contributed by atoms with Crippen LogP contribution in [-0.4, -0.2) is 85.8 Å². The highest BCUT2D eigenvalue weighted by atomic mass is 32.2. The molecule has 2 fully saturated rings. The van der Waals surface area contributed by atoms with E-state index in [1.807, 2.05) is 17.0 Å². The molecule has 3 heterocycles. The molecular weight excluding hydrogens is 585 g/mol. The van der Waals surface area contributed by atoms with E-state index in [4.69, 9.17) is 10.00 Å². The van der Waals surface area contributed by atoms with Crippen LogP contribution in [0, 0.1) is 11.3 Å². The van der Waals surface area contributed by atoms with Crippen LogP contribution >= 0.6 is 0 Å². The molecule has 0 aliphatic carbocycles. The van der Waals surface area contributed by atoms with E-state index < -0.39 is 28.0 Å². The zero-order chi connectivity index (χ0) is 31.3. The zero-order valence-corrected chi connectivity index (χ0v) is 25.2. The first-order valence-electron chi connectivity index (χ1n) is 14.5. The maximum absolute atomic E-state index is 15.0. The maximum Gasteiger partial charge on any atom is 0.270 e. The van der Waals surface area contributed by atoms with Crippen LogP contribution in [0.3, 0.4) is 0 Å². The third kappa shape index (κ3) is 7.78. The van der Waals surface area contributed by atoms with Gasteiger partial charge in [0, 0.05) is 58.0 Å². The van der Waals surface area contributed by atoms with Crippen molar-refractivity contribution < 1.29 is 27.1 Å². The van der Waals surface area contributed by atoms with Gasteiger partial charge >= 0.3 is 0 Å². The number of alkyl halides is 1. The lowest BCUT2D eigenvalue weighted by molar-refractivity contribution is 0.0594. The number of piperidine rings is 2. The molecule has 1 aromatic heterocycles. The predicted molar refractivity (Wildman–Crippen MR) is 161 cm³/mol. The van der Waals surface area contributed by atoms with Gasteiger partial charge in [0.15, 0.2) is 9.84 Å². The smallest absolute Gasteiger partial charge is 0.270 e. The average molecular weight is 620 g/mol. The molecule has 0 radical (unpaired) electrons. The third-order valence-corrected chi connectivity index (χ3v) is 9.09. The molecular formula is C32H34FN5O5S. The van der Waals surface area contributed by atoms with Crippen LogP contribution in [0.2, 0.25) is 0 Å². The topological polar surface area (TPSA) is 133 Å². The van der Waals surface area contributed by atoms with Crippen LogP contribution in [-0.2, 0) is 16.4 Å². The lowest BCUT2D eigenvalue weighted by Crippen LogP contribution is -2.52. The monoisotopic (exact) mass is 619 g/mol. The molecule has 1 N–H and O–H groups in total. The summed E-state index contributed by atoms with van der Waals surface area (Å²) < 4.78 is 44.2. The van der Waals surface area contributed by atoms with Crippen molar-refractivity contribution in [3.8, 4) is 11.8 Å². The molecule has 2 aliphatic heterocycles. The van der Waals surface area contributed by atoms with E-state index in [1.54, 1.807) is 35.2 Å². The van der Waals surface area contributed by atoms with Gasteiger partial charge in [0.1, 0.15) is 23.7 Å². The number of hydrogen-bond acceptors (Lipinski definition) is 8. The first-order chi connectivity index (χ1) is 21.1. The molecule has 0 bridgehead atoms. The Morgan fingerprint density at radius 2 is 1.73 bits per heavy atom. The summed E-state index contributed by atoms with van der Waals surface area (Å²) in [7, 11) is -3.28. The highest BCUT2D eigenvalue weighted by molar-refractivity contribution is 7.90. The van der Waals surface area contributed by atoms with Crippen LogP contribution in [0.4, 0.5) is 4.39 Å². The van der Waals surface area contributed by atoms with Crippen molar-refractivity contribution in [2.24, 2.45) is 0 Å². The lowest BCUT2D eigenvalue weighted by Gasteiger charge is -2.35. The Balaban J connectivity index is 1.07. The molecule has 230 valence electrons. The Labute approximate surface area is 256 Å². The van der Waals surface area contributed by atoms with E-state index in [9.17, 15) is 22.4 Å². The number of carbonyl (C=O) groups excluding carboxylic acids is 2. The van der Waals surface area contributed by atoms with E-state index in [0.29, 0.717) is 62.3 Å². The highest BCUT2D eigenvalue weighted by Gasteiger charge is 2.31. The molecule has 10 nitrogen and oxygen atoms in total. The lowest BCUT2D eigenvalue weighted by atomic mass is 10.0. The van der Waals surface area contributed by atoms with E-state index >= 15 is 0 Å². The Hall–Kier alpha value is -4.34. The van der Waals surface area contributed by atoms with E-state index in [-0.39, 0.29) is 29.1 Å². The van der Waals surface area contributed by atoms with Crippen molar-refractivity contribution in [1.82, 2.24) is 20.1 Å². The minimum atomic E-state index is -3.28. The molecule has 2 atom stereocenters. The number of halogens is 1. The first-order valence-corrected chi connectivity index (χ1v) is 16.4. The molecule has 2 amide bonds. The van der Waals surface area contributed by atoms with E-state index in [2.05, 4.69) is 16.4 Å². The second kappa shape index (κ2) is 13.5. The summed E-state index contributed by atoms with van der Waals surface area (Å²) in [6.45, 7) is 2.33. The number of amides is 2. The Kier molecular flexibility index (Phi) is 9.56. The number of ether oxygens (including phenoxy) is 1. The molecule has 2 aromatic carbocycles.